The lowest BCUT2D eigenvalue weighted by molar-refractivity contribution is -0.138. The molecule has 1 aromatic carbocycles. The molecule has 0 amide bonds. The summed E-state index contributed by atoms with van der Waals surface area (Å²) in [7, 11) is 0. The van der Waals surface area contributed by atoms with Crippen LogP contribution in [0.1, 0.15) is 66.6 Å². The van der Waals surface area contributed by atoms with Gasteiger partial charge in [0.1, 0.15) is 5.82 Å². The Morgan fingerprint density at radius 2 is 1.91 bits per heavy atom. The standard InChI is InChI=1S/C25H28N6O3/c1-15(32)22-23(17-9-7-16(8-10-17)11-21(33)34)29-25-20(13-28-31(25)24(22)26)18-12-27-30(14-18)19-5-3-2-4-6-19/h2-6,13-14,16-17,27H,7-12,26H2,1H3,(H,33,34). The molecule has 9 nitrogen and oxygen atoms in total. The van der Waals surface area contributed by atoms with Crippen LogP contribution in [0.2, 0.25) is 0 Å². The van der Waals surface area contributed by atoms with E-state index < -0.39 is 5.97 Å². The molecule has 3 aromatic rings. The van der Waals surface area contributed by atoms with Crippen LogP contribution in [-0.2, 0) is 4.79 Å². The second kappa shape index (κ2) is 8.90. The van der Waals surface area contributed by atoms with Crippen molar-refractivity contribution < 1.29 is 14.7 Å². The summed E-state index contributed by atoms with van der Waals surface area (Å²) >= 11 is 0. The van der Waals surface area contributed by atoms with E-state index in [2.05, 4.69) is 10.5 Å². The van der Waals surface area contributed by atoms with Crippen LogP contribution in [0.4, 0.5) is 11.5 Å². The van der Waals surface area contributed by atoms with Crippen molar-refractivity contribution in [2.24, 2.45) is 5.92 Å². The Bertz CT molecular complexity index is 1270. The Labute approximate surface area is 197 Å². The molecule has 1 aliphatic heterocycles. The number of carbonyl (C=O) groups is 2. The van der Waals surface area contributed by atoms with Crippen molar-refractivity contribution in [3.8, 4) is 0 Å². The minimum Gasteiger partial charge on any atom is -0.481 e. The van der Waals surface area contributed by atoms with Gasteiger partial charge in [-0.3, -0.25) is 14.6 Å². The van der Waals surface area contributed by atoms with E-state index in [0.29, 0.717) is 29.3 Å². The van der Waals surface area contributed by atoms with Crippen LogP contribution in [0.15, 0.2) is 42.7 Å². The summed E-state index contributed by atoms with van der Waals surface area (Å²) in [4.78, 5) is 28.6. The third kappa shape index (κ3) is 4.03. The van der Waals surface area contributed by atoms with Crippen LogP contribution in [-0.4, -0.2) is 38.0 Å². The molecule has 0 atom stereocenters. The average Bonchev–Trinajstić information content (AvgIpc) is 3.47. The molecule has 4 N–H and O–H groups in total. The Morgan fingerprint density at radius 1 is 1.18 bits per heavy atom. The highest BCUT2D eigenvalue weighted by Crippen LogP contribution is 2.39. The van der Waals surface area contributed by atoms with Gasteiger partial charge in [0.05, 0.1) is 23.1 Å². The van der Waals surface area contributed by atoms with Gasteiger partial charge in [0.15, 0.2) is 11.4 Å². The third-order valence-corrected chi connectivity index (χ3v) is 6.86. The number of aliphatic carboxylic acids is 1. The fourth-order valence-corrected chi connectivity index (χ4v) is 5.14. The van der Waals surface area contributed by atoms with Crippen molar-refractivity contribution in [3.05, 3.63) is 59.5 Å². The van der Waals surface area contributed by atoms with Gasteiger partial charge in [-0.1, -0.05) is 18.2 Å². The number of benzene rings is 1. The van der Waals surface area contributed by atoms with E-state index >= 15 is 0 Å². The van der Waals surface area contributed by atoms with E-state index in [1.165, 1.54) is 6.92 Å². The van der Waals surface area contributed by atoms with Gasteiger partial charge in [-0.05, 0) is 56.2 Å². The molecule has 9 heteroatoms. The van der Waals surface area contributed by atoms with Gasteiger partial charge >= 0.3 is 5.97 Å². The summed E-state index contributed by atoms with van der Waals surface area (Å²) in [6.45, 7) is 2.12. The zero-order valence-corrected chi connectivity index (χ0v) is 19.1. The van der Waals surface area contributed by atoms with Crippen molar-refractivity contribution in [1.82, 2.24) is 20.0 Å². The van der Waals surface area contributed by atoms with Gasteiger partial charge in [0.2, 0.25) is 0 Å². The Hall–Kier alpha value is -3.72. The Kier molecular flexibility index (Phi) is 5.79. The van der Waals surface area contributed by atoms with Gasteiger partial charge in [-0.25, -0.2) is 10.4 Å². The number of rotatable bonds is 6. The largest absolute Gasteiger partial charge is 0.481 e. The van der Waals surface area contributed by atoms with Crippen molar-refractivity contribution in [2.45, 2.75) is 44.9 Å². The second-order valence-corrected chi connectivity index (χ2v) is 9.12. The molecule has 5 rings (SSSR count). The number of aromatic nitrogens is 3. The smallest absolute Gasteiger partial charge is 0.303 e. The highest BCUT2D eigenvalue weighted by atomic mass is 16.4. The van der Waals surface area contributed by atoms with Gasteiger partial charge < -0.3 is 10.8 Å². The van der Waals surface area contributed by atoms with E-state index in [-0.39, 0.29) is 24.0 Å². The number of nitrogens with two attached hydrogens (primary N) is 1. The van der Waals surface area contributed by atoms with Gasteiger partial charge in [-0.15, -0.1) is 0 Å². The van der Waals surface area contributed by atoms with Crippen LogP contribution in [0, 0.1) is 5.92 Å². The molecule has 0 saturated heterocycles. The second-order valence-electron chi connectivity index (χ2n) is 9.12. The number of nitrogen functional groups attached to an aromatic ring is 1. The van der Waals surface area contributed by atoms with Crippen LogP contribution >= 0.6 is 0 Å². The summed E-state index contributed by atoms with van der Waals surface area (Å²) in [5.41, 5.74) is 14.5. The number of hydrogen-bond donors (Lipinski definition) is 3. The lowest BCUT2D eigenvalue weighted by Crippen LogP contribution is -2.28. The molecule has 0 spiro atoms. The summed E-state index contributed by atoms with van der Waals surface area (Å²) < 4.78 is 1.55. The molecule has 3 heterocycles. The van der Waals surface area contributed by atoms with E-state index in [1.807, 2.05) is 41.5 Å². The summed E-state index contributed by atoms with van der Waals surface area (Å²) in [5.74, 6) is -0.361. The minimum atomic E-state index is -0.761. The molecule has 1 fully saturated rings. The van der Waals surface area contributed by atoms with Crippen molar-refractivity contribution in [3.63, 3.8) is 0 Å². The molecular formula is C25H28N6O3. The number of nitrogens with one attached hydrogen (secondary N) is 1. The molecule has 2 aliphatic rings. The number of para-hydroxylation sites is 1. The number of anilines is 2. The van der Waals surface area contributed by atoms with Gasteiger partial charge in [0, 0.05) is 30.6 Å². The first kappa shape index (κ1) is 22.1. The molecule has 34 heavy (non-hydrogen) atoms. The predicted octanol–water partition coefficient (Wildman–Crippen LogP) is 3.63. The maximum absolute atomic E-state index is 12.6. The van der Waals surface area contributed by atoms with Crippen molar-refractivity contribution >= 4 is 34.5 Å². The predicted molar refractivity (Wildman–Crippen MR) is 129 cm³/mol. The molecule has 2 aromatic heterocycles. The van der Waals surface area contributed by atoms with Gasteiger partial charge in [0.25, 0.3) is 0 Å². The monoisotopic (exact) mass is 460 g/mol. The van der Waals surface area contributed by atoms with Gasteiger partial charge in [-0.2, -0.15) is 9.61 Å². The summed E-state index contributed by atoms with van der Waals surface area (Å²) in [6, 6.07) is 10.0. The number of carbonyl (C=O) groups excluding carboxylic acids is 1. The zero-order chi connectivity index (χ0) is 23.8. The SMILES string of the molecule is CC(=O)c1c(C2CCC(CC(=O)O)CC2)nc2c(C3=CN(c4ccccc4)NC3)cnn2c1N. The highest BCUT2D eigenvalue weighted by molar-refractivity contribution is 6.00. The Balaban J connectivity index is 1.51. The van der Waals surface area contributed by atoms with E-state index in [9.17, 15) is 9.59 Å². The summed E-state index contributed by atoms with van der Waals surface area (Å²) in [6.07, 6.45) is 7.14. The number of Topliss-reactive ketones (excluding diaryl/α,β-unsaturated/α-hetero) is 1. The summed E-state index contributed by atoms with van der Waals surface area (Å²) in [5, 5.41) is 15.6. The van der Waals surface area contributed by atoms with Crippen molar-refractivity contribution in [2.75, 3.05) is 17.3 Å². The van der Waals surface area contributed by atoms with Crippen LogP contribution in [0.3, 0.4) is 0 Å². The normalized spacial score (nSPS) is 20.5. The minimum absolute atomic E-state index is 0.0653. The van der Waals surface area contributed by atoms with Crippen LogP contribution in [0.5, 0.6) is 0 Å². The number of ketones is 1. The molecule has 176 valence electrons. The quantitative estimate of drug-likeness (QED) is 0.476. The van der Waals surface area contributed by atoms with Crippen molar-refractivity contribution in [1.29, 1.82) is 0 Å². The van der Waals surface area contributed by atoms with E-state index in [1.54, 1.807) is 10.7 Å². The fourth-order valence-electron chi connectivity index (χ4n) is 5.14. The maximum Gasteiger partial charge on any atom is 0.303 e. The molecule has 1 saturated carbocycles. The number of fused-ring (bicyclic) bond motifs is 1. The fraction of sp³-hybridized carbons (Fsp3) is 0.360. The number of hydrogen-bond acceptors (Lipinski definition) is 7. The molecule has 0 radical (unpaired) electrons. The maximum atomic E-state index is 12.6. The number of carboxylic acid groups (broad SMARTS) is 1. The molecule has 1 aliphatic carbocycles. The number of carboxylic acids is 1. The molecule has 0 bridgehead atoms. The number of hydrazine groups is 1. The first-order chi connectivity index (χ1) is 16.4. The zero-order valence-electron chi connectivity index (χ0n) is 19.1. The molecular weight excluding hydrogens is 432 g/mol. The first-order valence-electron chi connectivity index (χ1n) is 11.6. The lowest BCUT2D eigenvalue weighted by atomic mass is 9.78. The van der Waals surface area contributed by atoms with Crippen LogP contribution in [0.25, 0.3) is 11.2 Å². The Morgan fingerprint density at radius 3 is 2.59 bits per heavy atom. The lowest BCUT2D eigenvalue weighted by Gasteiger charge is -2.28. The van der Waals surface area contributed by atoms with Crippen LogP contribution < -0.4 is 16.2 Å². The first-order valence-corrected chi connectivity index (χ1v) is 11.6. The average molecular weight is 461 g/mol. The highest BCUT2D eigenvalue weighted by Gasteiger charge is 2.30. The van der Waals surface area contributed by atoms with E-state index in [0.717, 1.165) is 42.5 Å². The topological polar surface area (TPSA) is 126 Å². The van der Waals surface area contributed by atoms with E-state index in [4.69, 9.17) is 15.8 Å². The third-order valence-electron chi connectivity index (χ3n) is 6.86. The number of nitrogens with zero attached hydrogens (tertiary/aromatic N) is 4. The molecule has 0 unspecified atom stereocenters.